The Balaban J connectivity index is 1.56. The number of nitrogens with zero attached hydrogens (tertiary/aromatic N) is 2. The molecule has 0 aromatic carbocycles. The van der Waals surface area contributed by atoms with Gasteiger partial charge in [-0.1, -0.05) is 12.8 Å². The van der Waals surface area contributed by atoms with Gasteiger partial charge in [0.25, 0.3) is 10.0 Å². The number of ether oxygens (including phenoxy) is 1. The zero-order valence-electron chi connectivity index (χ0n) is 17.1. The number of carbonyl (C=O) groups excluding carboxylic acids is 2. The Labute approximate surface area is 172 Å². The number of amides is 1. The third-order valence-corrected chi connectivity index (χ3v) is 7.61. The van der Waals surface area contributed by atoms with E-state index >= 15 is 0 Å². The summed E-state index contributed by atoms with van der Waals surface area (Å²) in [5.74, 6) is -0.277. The van der Waals surface area contributed by atoms with Crippen LogP contribution in [0.2, 0.25) is 0 Å². The molecule has 2 fully saturated rings. The van der Waals surface area contributed by atoms with E-state index in [1.807, 2.05) is 11.9 Å². The number of hydrogen-bond donors (Lipinski definition) is 0. The fraction of sp³-hybridized carbons (Fsp3) is 0.700. The third kappa shape index (κ3) is 5.01. The molecule has 1 saturated heterocycles. The standard InChI is InChI=1S/C20H30N2O6S/c1-3-27-20(24)17-8-9-18(28-17)29(25,26)22-12-10-16(11-13-22)19(23)21(2)14-15-6-4-5-7-15/h8-9,15-16H,3-7,10-14H2,1-2H3. The SMILES string of the molecule is CCOC(=O)c1ccc(S(=O)(=O)N2CCC(C(=O)N(C)CC3CCCC3)CC2)o1. The van der Waals surface area contributed by atoms with E-state index in [2.05, 4.69) is 0 Å². The molecule has 2 aliphatic rings. The summed E-state index contributed by atoms with van der Waals surface area (Å²) in [6, 6.07) is 2.58. The van der Waals surface area contributed by atoms with Crippen LogP contribution in [0.3, 0.4) is 0 Å². The molecule has 0 atom stereocenters. The molecule has 2 heterocycles. The third-order valence-electron chi connectivity index (χ3n) is 5.84. The maximum Gasteiger partial charge on any atom is 0.374 e. The van der Waals surface area contributed by atoms with E-state index in [0.717, 1.165) is 6.54 Å². The molecule has 0 bridgehead atoms. The molecular weight excluding hydrogens is 396 g/mol. The van der Waals surface area contributed by atoms with Crippen molar-refractivity contribution in [2.75, 3.05) is 33.3 Å². The first kappa shape index (κ1) is 21.8. The van der Waals surface area contributed by atoms with Crippen molar-refractivity contribution in [3.63, 3.8) is 0 Å². The lowest BCUT2D eigenvalue weighted by atomic mass is 9.96. The van der Waals surface area contributed by atoms with Gasteiger partial charge in [0.15, 0.2) is 0 Å². The van der Waals surface area contributed by atoms with E-state index in [9.17, 15) is 18.0 Å². The first-order valence-corrected chi connectivity index (χ1v) is 11.8. The van der Waals surface area contributed by atoms with Gasteiger partial charge in [-0.25, -0.2) is 13.2 Å². The predicted octanol–water partition coefficient (Wildman–Crippen LogP) is 2.51. The van der Waals surface area contributed by atoms with Gasteiger partial charge in [-0.15, -0.1) is 0 Å². The lowest BCUT2D eigenvalue weighted by Crippen LogP contribution is -2.44. The van der Waals surface area contributed by atoms with Crippen LogP contribution in [-0.4, -0.2) is 62.8 Å². The van der Waals surface area contributed by atoms with Crippen LogP contribution in [0.5, 0.6) is 0 Å². The quantitative estimate of drug-likeness (QED) is 0.622. The normalized spacial score (nSPS) is 19.4. The summed E-state index contributed by atoms with van der Waals surface area (Å²) in [5.41, 5.74) is 0. The minimum absolute atomic E-state index is 0.108. The molecule has 29 heavy (non-hydrogen) atoms. The fourth-order valence-electron chi connectivity index (χ4n) is 4.22. The Morgan fingerprint density at radius 2 is 1.83 bits per heavy atom. The highest BCUT2D eigenvalue weighted by molar-refractivity contribution is 7.89. The van der Waals surface area contributed by atoms with Crippen molar-refractivity contribution in [3.8, 4) is 0 Å². The molecule has 1 aromatic rings. The van der Waals surface area contributed by atoms with E-state index in [-0.39, 0.29) is 42.4 Å². The lowest BCUT2D eigenvalue weighted by Gasteiger charge is -2.32. The van der Waals surface area contributed by atoms with Gasteiger partial charge in [0, 0.05) is 32.6 Å². The Bertz CT molecular complexity index is 820. The number of carbonyl (C=O) groups is 2. The Morgan fingerprint density at radius 3 is 2.45 bits per heavy atom. The molecule has 3 rings (SSSR count). The summed E-state index contributed by atoms with van der Waals surface area (Å²) >= 11 is 0. The second-order valence-electron chi connectivity index (χ2n) is 7.89. The zero-order chi connectivity index (χ0) is 21.0. The number of rotatable bonds is 7. The second-order valence-corrected chi connectivity index (χ2v) is 9.76. The minimum atomic E-state index is -3.84. The van der Waals surface area contributed by atoms with Crippen molar-refractivity contribution >= 4 is 21.9 Å². The molecule has 1 saturated carbocycles. The first-order chi connectivity index (χ1) is 13.8. The predicted molar refractivity (Wildman–Crippen MR) is 106 cm³/mol. The summed E-state index contributed by atoms with van der Waals surface area (Å²) < 4.78 is 37.0. The number of sulfonamides is 1. The Kier molecular flexibility index (Phi) is 7.00. The molecular formula is C20H30N2O6S. The van der Waals surface area contributed by atoms with Crippen LogP contribution in [0.15, 0.2) is 21.6 Å². The topological polar surface area (TPSA) is 97.1 Å². The van der Waals surface area contributed by atoms with E-state index in [1.54, 1.807) is 6.92 Å². The van der Waals surface area contributed by atoms with E-state index in [0.29, 0.717) is 18.8 Å². The highest BCUT2D eigenvalue weighted by Gasteiger charge is 2.35. The van der Waals surface area contributed by atoms with Crippen molar-refractivity contribution in [1.29, 1.82) is 0 Å². The number of piperidine rings is 1. The van der Waals surface area contributed by atoms with Gasteiger partial charge in [-0.2, -0.15) is 4.31 Å². The molecule has 1 aromatic heterocycles. The minimum Gasteiger partial charge on any atom is -0.460 e. The Morgan fingerprint density at radius 1 is 1.17 bits per heavy atom. The average Bonchev–Trinajstić information content (AvgIpc) is 3.40. The number of esters is 1. The van der Waals surface area contributed by atoms with Gasteiger partial charge in [0.2, 0.25) is 16.8 Å². The zero-order valence-corrected chi connectivity index (χ0v) is 17.9. The van der Waals surface area contributed by atoms with E-state index in [1.165, 1.54) is 42.1 Å². The maximum absolute atomic E-state index is 12.8. The van der Waals surface area contributed by atoms with Crippen LogP contribution in [0.4, 0.5) is 0 Å². The highest BCUT2D eigenvalue weighted by Crippen LogP contribution is 2.28. The fourth-order valence-corrected chi connectivity index (χ4v) is 5.60. The van der Waals surface area contributed by atoms with Crippen molar-refractivity contribution in [2.24, 2.45) is 11.8 Å². The average molecular weight is 427 g/mol. The smallest absolute Gasteiger partial charge is 0.374 e. The summed E-state index contributed by atoms with van der Waals surface area (Å²) in [7, 11) is -1.99. The van der Waals surface area contributed by atoms with Gasteiger partial charge in [-0.3, -0.25) is 4.79 Å². The van der Waals surface area contributed by atoms with Gasteiger partial charge in [-0.05, 0) is 50.7 Å². The maximum atomic E-state index is 12.8. The largest absolute Gasteiger partial charge is 0.460 e. The monoisotopic (exact) mass is 426 g/mol. The van der Waals surface area contributed by atoms with Gasteiger partial charge in [0.1, 0.15) is 0 Å². The summed E-state index contributed by atoms with van der Waals surface area (Å²) in [6.07, 6.45) is 5.83. The molecule has 0 unspecified atom stereocenters. The first-order valence-electron chi connectivity index (χ1n) is 10.3. The Hall–Kier alpha value is -1.87. The van der Waals surface area contributed by atoms with Crippen molar-refractivity contribution in [2.45, 2.75) is 50.5 Å². The number of hydrogen-bond acceptors (Lipinski definition) is 6. The summed E-state index contributed by atoms with van der Waals surface area (Å²) in [6.45, 7) is 3.14. The number of furan rings is 1. The molecule has 1 aliphatic carbocycles. The summed E-state index contributed by atoms with van der Waals surface area (Å²) in [5, 5.41) is -0.274. The molecule has 0 radical (unpaired) electrons. The van der Waals surface area contributed by atoms with Crippen LogP contribution >= 0.6 is 0 Å². The molecule has 162 valence electrons. The molecule has 1 amide bonds. The molecule has 0 spiro atoms. The molecule has 9 heteroatoms. The van der Waals surface area contributed by atoms with Gasteiger partial charge in [0.05, 0.1) is 6.61 Å². The van der Waals surface area contributed by atoms with E-state index in [4.69, 9.17) is 9.15 Å². The van der Waals surface area contributed by atoms with Crippen LogP contribution in [0.1, 0.15) is 56.0 Å². The van der Waals surface area contributed by atoms with Crippen molar-refractivity contribution in [3.05, 3.63) is 17.9 Å². The lowest BCUT2D eigenvalue weighted by molar-refractivity contribution is -0.136. The van der Waals surface area contributed by atoms with Crippen LogP contribution in [0.25, 0.3) is 0 Å². The van der Waals surface area contributed by atoms with Crippen LogP contribution < -0.4 is 0 Å². The molecule has 1 aliphatic heterocycles. The van der Waals surface area contributed by atoms with Crippen LogP contribution in [0, 0.1) is 11.8 Å². The van der Waals surface area contributed by atoms with Crippen molar-refractivity contribution in [1.82, 2.24) is 9.21 Å². The summed E-state index contributed by atoms with van der Waals surface area (Å²) in [4.78, 5) is 26.3. The van der Waals surface area contributed by atoms with Crippen LogP contribution in [-0.2, 0) is 19.6 Å². The van der Waals surface area contributed by atoms with E-state index < -0.39 is 16.0 Å². The van der Waals surface area contributed by atoms with Gasteiger partial charge < -0.3 is 14.1 Å². The van der Waals surface area contributed by atoms with Crippen molar-refractivity contribution < 1.29 is 27.2 Å². The highest BCUT2D eigenvalue weighted by atomic mass is 32.2. The van der Waals surface area contributed by atoms with Gasteiger partial charge >= 0.3 is 5.97 Å². The molecule has 0 N–H and O–H groups in total. The molecule has 8 nitrogen and oxygen atoms in total. The second kappa shape index (κ2) is 9.30.